The maximum absolute atomic E-state index is 10.5. The summed E-state index contributed by atoms with van der Waals surface area (Å²) in [7, 11) is 0. The zero-order chi connectivity index (χ0) is 10.9. The molecule has 0 aliphatic rings. The SMILES string of the molecule is C[C@@H](N)c1cc(O)c(O)cc1[N+](=O)[O-]. The third-order valence-electron chi connectivity index (χ3n) is 1.81. The highest BCUT2D eigenvalue weighted by Gasteiger charge is 2.19. The molecule has 6 nitrogen and oxygen atoms in total. The minimum absolute atomic E-state index is 0.185. The van der Waals surface area contributed by atoms with Crippen LogP contribution in [-0.4, -0.2) is 15.1 Å². The second-order valence-corrected chi connectivity index (χ2v) is 2.95. The highest BCUT2D eigenvalue weighted by Crippen LogP contribution is 2.34. The molecule has 0 heterocycles. The fraction of sp³-hybridized carbons (Fsp3) is 0.250. The largest absolute Gasteiger partial charge is 0.504 e. The predicted octanol–water partition coefficient (Wildman–Crippen LogP) is 1.03. The van der Waals surface area contributed by atoms with E-state index in [9.17, 15) is 10.1 Å². The van der Waals surface area contributed by atoms with Crippen molar-refractivity contribution < 1.29 is 15.1 Å². The molecule has 0 radical (unpaired) electrons. The van der Waals surface area contributed by atoms with Gasteiger partial charge in [-0.3, -0.25) is 10.1 Å². The van der Waals surface area contributed by atoms with E-state index in [0.717, 1.165) is 12.1 Å². The number of nitro benzene ring substituents is 1. The molecule has 0 fully saturated rings. The third kappa shape index (κ3) is 1.74. The lowest BCUT2D eigenvalue weighted by molar-refractivity contribution is -0.385. The van der Waals surface area contributed by atoms with E-state index in [0.29, 0.717) is 0 Å². The molecule has 4 N–H and O–H groups in total. The zero-order valence-corrected chi connectivity index (χ0v) is 7.47. The molecule has 0 bridgehead atoms. The molecule has 0 saturated carbocycles. The molecule has 0 saturated heterocycles. The van der Waals surface area contributed by atoms with Gasteiger partial charge in [0.15, 0.2) is 11.5 Å². The standard InChI is InChI=1S/C8H10N2O4/c1-4(9)5-2-7(11)8(12)3-6(5)10(13)14/h2-4,11-12H,9H2,1H3/t4-/m1/s1. The van der Waals surface area contributed by atoms with Crippen molar-refractivity contribution in [1.82, 2.24) is 0 Å². The molecule has 1 aromatic carbocycles. The second-order valence-electron chi connectivity index (χ2n) is 2.95. The van der Waals surface area contributed by atoms with Crippen molar-refractivity contribution in [3.63, 3.8) is 0 Å². The number of nitrogens with zero attached hydrogens (tertiary/aromatic N) is 1. The number of rotatable bonds is 2. The number of aromatic hydroxyl groups is 2. The number of nitrogens with two attached hydrogens (primary N) is 1. The Balaban J connectivity index is 3.39. The van der Waals surface area contributed by atoms with Crippen molar-refractivity contribution in [3.05, 3.63) is 27.8 Å². The average molecular weight is 198 g/mol. The van der Waals surface area contributed by atoms with Crippen molar-refractivity contribution in [3.8, 4) is 11.5 Å². The summed E-state index contributed by atoms with van der Waals surface area (Å²) in [6.07, 6.45) is 0. The fourth-order valence-electron chi connectivity index (χ4n) is 1.10. The van der Waals surface area contributed by atoms with Crippen LogP contribution in [0.3, 0.4) is 0 Å². The predicted molar refractivity (Wildman–Crippen MR) is 49.0 cm³/mol. The summed E-state index contributed by atoms with van der Waals surface area (Å²) in [6.45, 7) is 1.55. The topological polar surface area (TPSA) is 110 Å². The van der Waals surface area contributed by atoms with E-state index in [1.807, 2.05) is 0 Å². The van der Waals surface area contributed by atoms with E-state index < -0.39 is 22.5 Å². The lowest BCUT2D eigenvalue weighted by atomic mass is 10.1. The van der Waals surface area contributed by atoms with Crippen molar-refractivity contribution in [2.75, 3.05) is 0 Å². The first-order valence-corrected chi connectivity index (χ1v) is 3.89. The van der Waals surface area contributed by atoms with Gasteiger partial charge in [-0.15, -0.1) is 0 Å². The summed E-state index contributed by atoms with van der Waals surface area (Å²) in [6, 6.07) is 1.40. The Morgan fingerprint density at radius 2 is 1.93 bits per heavy atom. The van der Waals surface area contributed by atoms with E-state index >= 15 is 0 Å². The summed E-state index contributed by atoms with van der Waals surface area (Å²) in [5.74, 6) is -0.941. The molecule has 76 valence electrons. The first-order chi connectivity index (χ1) is 6.43. The highest BCUT2D eigenvalue weighted by atomic mass is 16.6. The van der Waals surface area contributed by atoms with Gasteiger partial charge in [0, 0.05) is 6.04 Å². The Labute approximate surface area is 79.7 Å². The Kier molecular flexibility index (Phi) is 2.57. The van der Waals surface area contributed by atoms with E-state index in [1.165, 1.54) is 0 Å². The molecule has 0 amide bonds. The van der Waals surface area contributed by atoms with Crippen molar-refractivity contribution in [2.45, 2.75) is 13.0 Å². The van der Waals surface area contributed by atoms with Crippen LogP contribution in [-0.2, 0) is 0 Å². The molecule has 0 unspecified atom stereocenters. The quantitative estimate of drug-likeness (QED) is 0.373. The Hall–Kier alpha value is -1.82. The minimum Gasteiger partial charge on any atom is -0.504 e. The molecule has 1 rings (SSSR count). The van der Waals surface area contributed by atoms with Crippen LogP contribution in [0.25, 0.3) is 0 Å². The normalized spacial score (nSPS) is 12.4. The maximum Gasteiger partial charge on any atom is 0.278 e. The van der Waals surface area contributed by atoms with Crippen LogP contribution in [0.2, 0.25) is 0 Å². The van der Waals surface area contributed by atoms with Gasteiger partial charge in [0.25, 0.3) is 5.69 Å². The van der Waals surface area contributed by atoms with Gasteiger partial charge in [0.1, 0.15) is 0 Å². The van der Waals surface area contributed by atoms with Crippen LogP contribution in [0.4, 0.5) is 5.69 Å². The summed E-state index contributed by atoms with van der Waals surface area (Å²) in [4.78, 5) is 9.89. The fourth-order valence-corrected chi connectivity index (χ4v) is 1.10. The highest BCUT2D eigenvalue weighted by molar-refractivity contribution is 5.53. The van der Waals surface area contributed by atoms with Gasteiger partial charge >= 0.3 is 0 Å². The first-order valence-electron chi connectivity index (χ1n) is 3.89. The number of phenolic OH excluding ortho intramolecular Hbond substituents is 2. The lowest BCUT2D eigenvalue weighted by Crippen LogP contribution is -2.07. The van der Waals surface area contributed by atoms with Crippen molar-refractivity contribution in [2.24, 2.45) is 5.73 Å². The van der Waals surface area contributed by atoms with E-state index in [2.05, 4.69) is 0 Å². The van der Waals surface area contributed by atoms with Crippen LogP contribution in [0.5, 0.6) is 11.5 Å². The number of hydrogen-bond acceptors (Lipinski definition) is 5. The Morgan fingerprint density at radius 3 is 2.36 bits per heavy atom. The number of nitro groups is 1. The number of phenols is 2. The van der Waals surface area contributed by atoms with Crippen molar-refractivity contribution >= 4 is 5.69 Å². The van der Waals surface area contributed by atoms with E-state index in [4.69, 9.17) is 15.9 Å². The van der Waals surface area contributed by atoms with Gasteiger partial charge < -0.3 is 15.9 Å². The zero-order valence-electron chi connectivity index (χ0n) is 7.47. The van der Waals surface area contributed by atoms with E-state index in [-0.39, 0.29) is 11.3 Å². The molecule has 0 spiro atoms. The Bertz CT molecular complexity index is 376. The molecule has 0 aliphatic carbocycles. The van der Waals surface area contributed by atoms with Crippen LogP contribution in [0.1, 0.15) is 18.5 Å². The minimum atomic E-state index is -0.655. The number of hydrogen-bond donors (Lipinski definition) is 3. The average Bonchev–Trinajstić information content (AvgIpc) is 2.08. The van der Waals surface area contributed by atoms with Gasteiger partial charge in [-0.05, 0) is 13.0 Å². The molecule has 0 aromatic heterocycles. The summed E-state index contributed by atoms with van der Waals surface area (Å²) in [5.41, 5.74) is 5.36. The van der Waals surface area contributed by atoms with Crippen molar-refractivity contribution in [1.29, 1.82) is 0 Å². The molecule has 6 heteroatoms. The summed E-state index contributed by atoms with van der Waals surface area (Å²) >= 11 is 0. The van der Waals surface area contributed by atoms with Gasteiger partial charge in [0.05, 0.1) is 16.6 Å². The molecule has 1 aromatic rings. The van der Waals surface area contributed by atoms with Gasteiger partial charge in [-0.25, -0.2) is 0 Å². The van der Waals surface area contributed by atoms with Gasteiger partial charge in [0.2, 0.25) is 0 Å². The monoisotopic (exact) mass is 198 g/mol. The van der Waals surface area contributed by atoms with Gasteiger partial charge in [-0.2, -0.15) is 0 Å². The molecule has 0 aliphatic heterocycles. The Morgan fingerprint density at radius 1 is 1.43 bits per heavy atom. The van der Waals surface area contributed by atoms with Gasteiger partial charge in [-0.1, -0.05) is 0 Å². The maximum atomic E-state index is 10.5. The molecule has 1 atom stereocenters. The smallest absolute Gasteiger partial charge is 0.278 e. The number of benzene rings is 1. The molecule has 14 heavy (non-hydrogen) atoms. The third-order valence-corrected chi connectivity index (χ3v) is 1.81. The first kappa shape index (κ1) is 10.3. The van der Waals surface area contributed by atoms with Crippen LogP contribution in [0, 0.1) is 10.1 Å². The van der Waals surface area contributed by atoms with Crippen LogP contribution in [0.15, 0.2) is 12.1 Å². The lowest BCUT2D eigenvalue weighted by Gasteiger charge is -2.07. The second kappa shape index (κ2) is 3.51. The summed E-state index contributed by atoms with van der Waals surface area (Å²) < 4.78 is 0. The molecular formula is C8H10N2O4. The van der Waals surface area contributed by atoms with Crippen LogP contribution >= 0.6 is 0 Å². The summed E-state index contributed by atoms with van der Waals surface area (Å²) in [5, 5.41) is 28.7. The van der Waals surface area contributed by atoms with Crippen LogP contribution < -0.4 is 5.73 Å². The molecular weight excluding hydrogens is 188 g/mol. The van der Waals surface area contributed by atoms with E-state index in [1.54, 1.807) is 6.92 Å².